The van der Waals surface area contributed by atoms with Gasteiger partial charge in [0.05, 0.1) is 0 Å². The lowest BCUT2D eigenvalue weighted by Gasteiger charge is -2.21. The van der Waals surface area contributed by atoms with Crippen LogP contribution in [0.4, 0.5) is 0 Å². The van der Waals surface area contributed by atoms with Gasteiger partial charge in [0.2, 0.25) is 23.1 Å². The van der Waals surface area contributed by atoms with E-state index < -0.39 is 0 Å². The molecule has 0 heterocycles. The molecule has 0 atom stereocenters. The van der Waals surface area contributed by atoms with Gasteiger partial charge in [0, 0.05) is 11.1 Å². The molecule has 0 aliphatic heterocycles. The Morgan fingerprint density at radius 1 is 1.12 bits per heavy atom. The maximum absolute atomic E-state index is 12.7. The van der Waals surface area contributed by atoms with Gasteiger partial charge in [-0.2, -0.15) is 0 Å². The van der Waals surface area contributed by atoms with Crippen LogP contribution < -0.4 is 0 Å². The average molecular weight is 556 g/mol. The third-order valence-corrected chi connectivity index (χ3v) is 5.02. The summed E-state index contributed by atoms with van der Waals surface area (Å²) in [6, 6.07) is 0. The molecule has 0 bridgehead atoms. The number of allylic oxidation sites excluding steroid dienone is 4. The maximum atomic E-state index is 12.7. The molecule has 0 radical (unpaired) electrons. The largest absolute Gasteiger partial charge is 0.475 e. The van der Waals surface area contributed by atoms with Crippen molar-refractivity contribution in [3.63, 3.8) is 0 Å². The number of ether oxygens (including phenoxy) is 2. The van der Waals surface area contributed by atoms with Gasteiger partial charge in [-0.1, -0.05) is 18.6 Å². The maximum Gasteiger partial charge on any atom is 0.228 e. The summed E-state index contributed by atoms with van der Waals surface area (Å²) in [4.78, 5) is 25.3. The zero-order chi connectivity index (χ0) is 17.7. The van der Waals surface area contributed by atoms with Gasteiger partial charge in [-0.05, 0) is 90.1 Å². The number of rotatable bonds is 9. The van der Waals surface area contributed by atoms with E-state index in [0.29, 0.717) is 26.8 Å². The summed E-state index contributed by atoms with van der Waals surface area (Å²) in [5.74, 6) is 0.420. The first-order valence-corrected chi connectivity index (χ1v) is 11.2. The molecule has 0 aromatic heterocycles. The third kappa shape index (κ3) is 4.62. The van der Waals surface area contributed by atoms with Crippen LogP contribution in [0.15, 0.2) is 34.3 Å². The highest BCUT2D eigenvalue weighted by atomic mass is 127. The summed E-state index contributed by atoms with van der Waals surface area (Å²) in [5.41, 5.74) is 2.53. The molecule has 0 amide bonds. The van der Waals surface area contributed by atoms with Gasteiger partial charge in [0.25, 0.3) is 0 Å². The monoisotopic (exact) mass is 556 g/mol. The lowest BCUT2D eigenvalue weighted by molar-refractivity contribution is -0.121. The predicted molar refractivity (Wildman–Crippen MR) is 110 cm³/mol. The van der Waals surface area contributed by atoms with Gasteiger partial charge >= 0.3 is 0 Å². The predicted octanol–water partition coefficient (Wildman–Crippen LogP) is 5.01. The van der Waals surface area contributed by atoms with E-state index in [1.165, 1.54) is 18.4 Å². The fourth-order valence-corrected chi connectivity index (χ4v) is 3.57. The highest BCUT2D eigenvalue weighted by molar-refractivity contribution is 14.1. The normalized spacial score (nSPS) is 19.2. The first-order chi connectivity index (χ1) is 11.5. The van der Waals surface area contributed by atoms with Crippen LogP contribution in [0, 0.1) is 5.92 Å². The Bertz CT molecular complexity index is 613. The Morgan fingerprint density at radius 2 is 1.71 bits per heavy atom. The quantitative estimate of drug-likeness (QED) is 0.174. The van der Waals surface area contributed by atoms with Crippen LogP contribution in [0.5, 0.6) is 0 Å². The minimum Gasteiger partial charge on any atom is -0.475 e. The van der Waals surface area contributed by atoms with Crippen molar-refractivity contribution in [2.45, 2.75) is 46.0 Å². The molecule has 0 aromatic rings. The molecule has 0 aromatic carbocycles. The van der Waals surface area contributed by atoms with E-state index in [0.717, 1.165) is 18.8 Å². The molecule has 4 nitrogen and oxygen atoms in total. The fourth-order valence-electron chi connectivity index (χ4n) is 2.95. The molecule has 1 fully saturated rings. The van der Waals surface area contributed by atoms with Crippen LogP contribution in [-0.2, 0) is 19.1 Å². The number of Topliss-reactive ketones (excluding diaryl/α,β-unsaturated/α-hetero) is 2. The highest BCUT2D eigenvalue weighted by Gasteiger charge is 2.35. The van der Waals surface area contributed by atoms with E-state index in [-0.39, 0.29) is 23.1 Å². The number of hydrogen-bond acceptors (Lipinski definition) is 4. The summed E-state index contributed by atoms with van der Waals surface area (Å²) < 4.78 is 11.4. The zero-order valence-corrected chi connectivity index (χ0v) is 18.3. The first-order valence-electron chi connectivity index (χ1n) is 8.14. The summed E-state index contributed by atoms with van der Waals surface area (Å²) >= 11 is 4.01. The number of halogens is 2. The van der Waals surface area contributed by atoms with Crippen LogP contribution >= 0.6 is 45.2 Å². The molecule has 0 unspecified atom stereocenters. The number of carbonyl (C=O) groups is 2. The van der Waals surface area contributed by atoms with E-state index in [1.54, 1.807) is 6.92 Å². The summed E-state index contributed by atoms with van der Waals surface area (Å²) in [5, 5.41) is 0. The standard InChI is InChI=1S/C18H22I2O4/c1-3-12(13-7-8-13)5-4-6-14-11(2)15(21)17(23-9-19)18(16(14)22)24-10-20/h5,13H,3-4,6-10H2,1-2H3/b12-5+. The van der Waals surface area contributed by atoms with Crippen molar-refractivity contribution in [3.05, 3.63) is 34.3 Å². The summed E-state index contributed by atoms with van der Waals surface area (Å²) in [6.07, 6.45) is 7.23. The number of hydrogen-bond donors (Lipinski definition) is 0. The van der Waals surface area contributed by atoms with Crippen molar-refractivity contribution < 1.29 is 19.1 Å². The minimum atomic E-state index is -0.233. The highest BCUT2D eigenvalue weighted by Crippen LogP contribution is 2.38. The van der Waals surface area contributed by atoms with Crippen molar-refractivity contribution in [2.24, 2.45) is 5.92 Å². The van der Waals surface area contributed by atoms with Crippen LogP contribution in [0.2, 0.25) is 0 Å². The molecule has 132 valence electrons. The Morgan fingerprint density at radius 3 is 2.21 bits per heavy atom. The van der Waals surface area contributed by atoms with Gasteiger partial charge in [-0.15, -0.1) is 0 Å². The molecular formula is C18H22I2O4. The zero-order valence-electron chi connectivity index (χ0n) is 14.0. The Balaban J connectivity index is 2.17. The lowest BCUT2D eigenvalue weighted by atomic mass is 9.90. The molecule has 2 aliphatic rings. The number of carbonyl (C=O) groups excluding carboxylic acids is 2. The van der Waals surface area contributed by atoms with Gasteiger partial charge in [-0.3, -0.25) is 9.59 Å². The number of ketones is 2. The van der Waals surface area contributed by atoms with Gasteiger partial charge in [0.1, 0.15) is 9.23 Å². The van der Waals surface area contributed by atoms with Crippen molar-refractivity contribution in [1.29, 1.82) is 0 Å². The van der Waals surface area contributed by atoms with Crippen LogP contribution in [0.1, 0.15) is 46.0 Å². The molecule has 0 N–H and O–H groups in total. The molecule has 2 rings (SSSR count). The van der Waals surface area contributed by atoms with E-state index in [1.807, 2.05) is 45.2 Å². The van der Waals surface area contributed by atoms with Gasteiger partial charge in [-0.25, -0.2) is 0 Å². The Hall–Kier alpha value is -0.380. The Labute approximate surface area is 170 Å². The van der Waals surface area contributed by atoms with Crippen LogP contribution in [0.25, 0.3) is 0 Å². The van der Waals surface area contributed by atoms with E-state index in [2.05, 4.69) is 13.0 Å². The Kier molecular flexibility index (Phi) is 7.77. The van der Waals surface area contributed by atoms with Crippen LogP contribution in [0.3, 0.4) is 0 Å². The summed E-state index contributed by atoms with van der Waals surface area (Å²) in [6.45, 7) is 3.88. The minimum absolute atomic E-state index is 0.0510. The van der Waals surface area contributed by atoms with Gasteiger partial charge in [0.15, 0.2) is 0 Å². The van der Waals surface area contributed by atoms with E-state index >= 15 is 0 Å². The third-order valence-electron chi connectivity index (χ3n) is 4.39. The second kappa shape index (κ2) is 9.35. The first kappa shape index (κ1) is 19.9. The molecule has 6 heteroatoms. The lowest BCUT2D eigenvalue weighted by Crippen LogP contribution is -2.25. The molecule has 0 saturated heterocycles. The molecule has 0 spiro atoms. The van der Waals surface area contributed by atoms with Crippen molar-refractivity contribution in [2.75, 3.05) is 9.23 Å². The molecular weight excluding hydrogens is 534 g/mol. The topological polar surface area (TPSA) is 52.6 Å². The second-order valence-electron chi connectivity index (χ2n) is 5.87. The summed E-state index contributed by atoms with van der Waals surface area (Å²) in [7, 11) is 0. The smallest absolute Gasteiger partial charge is 0.228 e. The fraction of sp³-hybridized carbons (Fsp3) is 0.556. The van der Waals surface area contributed by atoms with Crippen LogP contribution in [-0.4, -0.2) is 20.8 Å². The van der Waals surface area contributed by atoms with E-state index in [4.69, 9.17) is 9.47 Å². The number of alkyl halides is 2. The van der Waals surface area contributed by atoms with Crippen molar-refractivity contribution >= 4 is 56.7 Å². The molecule has 1 saturated carbocycles. The van der Waals surface area contributed by atoms with Gasteiger partial charge < -0.3 is 9.47 Å². The SMILES string of the molecule is CC/C(=C\CCC1=C(C)C(=O)C(OCI)=C(OCI)C1=O)C1CC1. The second-order valence-corrected chi connectivity index (χ2v) is 7.12. The average Bonchev–Trinajstić information content (AvgIpc) is 3.40. The van der Waals surface area contributed by atoms with Crippen molar-refractivity contribution in [1.82, 2.24) is 0 Å². The molecule has 2 aliphatic carbocycles. The molecule has 24 heavy (non-hydrogen) atoms. The van der Waals surface area contributed by atoms with Crippen molar-refractivity contribution in [3.8, 4) is 0 Å². The van der Waals surface area contributed by atoms with E-state index in [9.17, 15) is 9.59 Å².